The van der Waals surface area contributed by atoms with E-state index in [4.69, 9.17) is 5.73 Å². The Bertz CT molecular complexity index is 523. The highest BCUT2D eigenvalue weighted by Crippen LogP contribution is 2.31. The van der Waals surface area contributed by atoms with E-state index in [1.54, 1.807) is 11.8 Å². The predicted molar refractivity (Wildman–Crippen MR) is 72.2 cm³/mol. The lowest BCUT2D eigenvalue weighted by molar-refractivity contribution is 0.941. The molecule has 0 aliphatic heterocycles. The average molecular weight is 244 g/mol. The van der Waals surface area contributed by atoms with Gasteiger partial charge in [-0.1, -0.05) is 36.0 Å². The van der Waals surface area contributed by atoms with Gasteiger partial charge in [0, 0.05) is 17.1 Å². The van der Waals surface area contributed by atoms with Gasteiger partial charge in [0.05, 0.1) is 0 Å². The zero-order valence-corrected chi connectivity index (χ0v) is 10.9. The molecule has 2 rings (SSSR count). The summed E-state index contributed by atoms with van der Waals surface area (Å²) in [6, 6.07) is 12.4. The molecule has 3 heteroatoms. The minimum Gasteiger partial charge on any atom is -0.326 e. The van der Waals surface area contributed by atoms with Crippen LogP contribution in [0.3, 0.4) is 0 Å². The average Bonchev–Trinajstić information content (AvgIpc) is 2.32. The highest BCUT2D eigenvalue weighted by Gasteiger charge is 2.06. The van der Waals surface area contributed by atoms with Crippen LogP contribution in [0.4, 0.5) is 0 Å². The number of nitrogens with two attached hydrogens (primary N) is 1. The third kappa shape index (κ3) is 2.87. The fourth-order valence-electron chi connectivity index (χ4n) is 1.58. The number of hydrogen-bond acceptors (Lipinski definition) is 3. The van der Waals surface area contributed by atoms with E-state index >= 15 is 0 Å². The Morgan fingerprint density at radius 2 is 1.88 bits per heavy atom. The van der Waals surface area contributed by atoms with Crippen LogP contribution in [0.5, 0.6) is 0 Å². The van der Waals surface area contributed by atoms with E-state index in [0.29, 0.717) is 6.54 Å². The molecule has 2 N–H and O–H groups in total. The third-order valence-electron chi connectivity index (χ3n) is 2.60. The second-order valence-corrected chi connectivity index (χ2v) is 5.02. The molecule has 0 aliphatic rings. The van der Waals surface area contributed by atoms with Gasteiger partial charge in [0.2, 0.25) is 0 Å². The molecule has 0 fully saturated rings. The Labute approximate surface area is 106 Å². The van der Waals surface area contributed by atoms with E-state index < -0.39 is 0 Å². The van der Waals surface area contributed by atoms with Crippen molar-refractivity contribution in [3.63, 3.8) is 0 Å². The highest BCUT2D eigenvalue weighted by molar-refractivity contribution is 7.99. The summed E-state index contributed by atoms with van der Waals surface area (Å²) in [4.78, 5) is 5.80. The molecule has 0 spiro atoms. The van der Waals surface area contributed by atoms with Gasteiger partial charge in [-0.2, -0.15) is 0 Å². The molecule has 0 saturated carbocycles. The van der Waals surface area contributed by atoms with Gasteiger partial charge in [-0.3, -0.25) is 0 Å². The van der Waals surface area contributed by atoms with E-state index in [-0.39, 0.29) is 0 Å². The van der Waals surface area contributed by atoms with Crippen molar-refractivity contribution in [1.82, 2.24) is 4.98 Å². The van der Waals surface area contributed by atoms with Crippen LogP contribution in [-0.4, -0.2) is 4.98 Å². The van der Waals surface area contributed by atoms with Crippen molar-refractivity contribution in [2.45, 2.75) is 30.3 Å². The lowest BCUT2D eigenvalue weighted by atomic mass is 10.2. The predicted octanol–water partition coefficient (Wildman–Crippen LogP) is 3.31. The molecule has 0 bridgehead atoms. The molecule has 1 heterocycles. The van der Waals surface area contributed by atoms with Crippen molar-refractivity contribution >= 4 is 11.8 Å². The summed E-state index contributed by atoms with van der Waals surface area (Å²) in [6.45, 7) is 4.64. The zero-order valence-electron chi connectivity index (χ0n) is 10.1. The van der Waals surface area contributed by atoms with Crippen LogP contribution in [-0.2, 0) is 6.54 Å². The van der Waals surface area contributed by atoms with Crippen LogP contribution < -0.4 is 5.73 Å². The summed E-state index contributed by atoms with van der Waals surface area (Å²) in [5, 5.41) is 1.02. The minimum atomic E-state index is 0.529. The van der Waals surface area contributed by atoms with Gasteiger partial charge < -0.3 is 5.73 Å². The van der Waals surface area contributed by atoms with Crippen LogP contribution in [0.1, 0.15) is 16.8 Å². The van der Waals surface area contributed by atoms with Crippen molar-refractivity contribution in [3.05, 3.63) is 53.2 Å². The second kappa shape index (κ2) is 5.34. The number of hydrogen-bond donors (Lipinski definition) is 1. The maximum absolute atomic E-state index is 5.74. The lowest BCUT2D eigenvalue weighted by Crippen LogP contribution is -2.01. The van der Waals surface area contributed by atoms with E-state index in [1.807, 2.05) is 25.1 Å². The lowest BCUT2D eigenvalue weighted by Gasteiger charge is -2.09. The summed E-state index contributed by atoms with van der Waals surface area (Å²) in [5.41, 5.74) is 9.13. The standard InChI is InChI=1S/C14H16N2S/c1-10-5-3-4-6-13(10)17-14-12(9-15)8-7-11(2)16-14/h3-8H,9,15H2,1-2H3. The number of aryl methyl sites for hydroxylation is 2. The first-order chi connectivity index (χ1) is 8.20. The molecule has 1 aromatic carbocycles. The van der Waals surface area contributed by atoms with Gasteiger partial charge in [-0.15, -0.1) is 0 Å². The molecule has 0 aliphatic carbocycles. The first-order valence-corrected chi connectivity index (χ1v) is 6.42. The Kier molecular flexibility index (Phi) is 3.82. The van der Waals surface area contributed by atoms with E-state index in [0.717, 1.165) is 16.3 Å². The van der Waals surface area contributed by atoms with Crippen molar-refractivity contribution < 1.29 is 0 Å². The first kappa shape index (κ1) is 12.1. The van der Waals surface area contributed by atoms with E-state index in [9.17, 15) is 0 Å². The van der Waals surface area contributed by atoms with Crippen LogP contribution in [0.25, 0.3) is 0 Å². The third-order valence-corrected chi connectivity index (χ3v) is 3.82. The van der Waals surface area contributed by atoms with Gasteiger partial charge in [0.15, 0.2) is 0 Å². The van der Waals surface area contributed by atoms with E-state index in [2.05, 4.69) is 30.1 Å². The van der Waals surface area contributed by atoms with Gasteiger partial charge in [-0.05, 0) is 37.1 Å². The number of benzene rings is 1. The zero-order chi connectivity index (χ0) is 12.3. The van der Waals surface area contributed by atoms with Gasteiger partial charge in [-0.25, -0.2) is 4.98 Å². The summed E-state index contributed by atoms with van der Waals surface area (Å²) >= 11 is 1.69. The van der Waals surface area contributed by atoms with Gasteiger partial charge in [0.1, 0.15) is 5.03 Å². The van der Waals surface area contributed by atoms with Gasteiger partial charge in [0.25, 0.3) is 0 Å². The topological polar surface area (TPSA) is 38.9 Å². The first-order valence-electron chi connectivity index (χ1n) is 5.61. The van der Waals surface area contributed by atoms with Crippen molar-refractivity contribution in [1.29, 1.82) is 0 Å². The number of rotatable bonds is 3. The van der Waals surface area contributed by atoms with Crippen LogP contribution in [0.2, 0.25) is 0 Å². The maximum Gasteiger partial charge on any atom is 0.106 e. The summed E-state index contributed by atoms with van der Waals surface area (Å²) in [5.74, 6) is 0. The van der Waals surface area contributed by atoms with E-state index in [1.165, 1.54) is 10.5 Å². The molecular weight excluding hydrogens is 228 g/mol. The van der Waals surface area contributed by atoms with Crippen LogP contribution in [0, 0.1) is 13.8 Å². The molecular formula is C14H16N2S. The van der Waals surface area contributed by atoms with Crippen LogP contribution in [0.15, 0.2) is 46.3 Å². The summed E-state index contributed by atoms with van der Waals surface area (Å²) in [7, 11) is 0. The largest absolute Gasteiger partial charge is 0.326 e. The SMILES string of the molecule is Cc1ccc(CN)c(Sc2ccccc2C)n1. The monoisotopic (exact) mass is 244 g/mol. The Morgan fingerprint density at radius 3 is 2.59 bits per heavy atom. The molecule has 2 aromatic rings. The normalized spacial score (nSPS) is 10.5. The molecule has 1 aromatic heterocycles. The molecule has 0 atom stereocenters. The molecule has 17 heavy (non-hydrogen) atoms. The molecule has 0 unspecified atom stereocenters. The smallest absolute Gasteiger partial charge is 0.106 e. The molecule has 0 saturated heterocycles. The Morgan fingerprint density at radius 1 is 1.12 bits per heavy atom. The number of pyridine rings is 1. The maximum atomic E-state index is 5.74. The quantitative estimate of drug-likeness (QED) is 0.900. The van der Waals surface area contributed by atoms with Crippen molar-refractivity contribution in [2.24, 2.45) is 5.73 Å². The molecule has 0 amide bonds. The molecule has 2 nitrogen and oxygen atoms in total. The second-order valence-electron chi connectivity index (χ2n) is 3.99. The van der Waals surface area contributed by atoms with Crippen molar-refractivity contribution in [2.75, 3.05) is 0 Å². The van der Waals surface area contributed by atoms with Crippen LogP contribution >= 0.6 is 11.8 Å². The summed E-state index contributed by atoms with van der Waals surface area (Å²) < 4.78 is 0. The Balaban J connectivity index is 2.35. The number of nitrogens with zero attached hydrogens (tertiary/aromatic N) is 1. The summed E-state index contributed by atoms with van der Waals surface area (Å²) in [6.07, 6.45) is 0. The highest BCUT2D eigenvalue weighted by atomic mass is 32.2. The fourth-order valence-corrected chi connectivity index (χ4v) is 2.64. The van der Waals surface area contributed by atoms with Crippen molar-refractivity contribution in [3.8, 4) is 0 Å². The minimum absolute atomic E-state index is 0.529. The molecule has 88 valence electrons. The Hall–Kier alpha value is -1.32. The van der Waals surface area contributed by atoms with Gasteiger partial charge >= 0.3 is 0 Å². The fraction of sp³-hybridized carbons (Fsp3) is 0.214. The molecule has 0 radical (unpaired) electrons. The number of aromatic nitrogens is 1.